The lowest BCUT2D eigenvalue weighted by molar-refractivity contribution is 0.0188. The molecule has 2 nitrogen and oxygen atoms in total. The Morgan fingerprint density at radius 2 is 1.65 bits per heavy atom. The van der Waals surface area contributed by atoms with E-state index >= 15 is 0 Å². The van der Waals surface area contributed by atoms with Gasteiger partial charge in [0.2, 0.25) is 0 Å². The molecule has 1 N–H and O–H groups in total. The summed E-state index contributed by atoms with van der Waals surface area (Å²) < 4.78 is 5.55. The summed E-state index contributed by atoms with van der Waals surface area (Å²) in [5, 5.41) is 3.82. The molecular formula is C18H27NO. The van der Waals surface area contributed by atoms with E-state index in [4.69, 9.17) is 4.74 Å². The van der Waals surface area contributed by atoms with Crippen molar-refractivity contribution in [3.63, 3.8) is 0 Å². The van der Waals surface area contributed by atoms with Crippen LogP contribution in [0.3, 0.4) is 0 Å². The van der Waals surface area contributed by atoms with Gasteiger partial charge < -0.3 is 10.1 Å². The van der Waals surface area contributed by atoms with Crippen molar-refractivity contribution in [2.45, 2.75) is 51.2 Å². The van der Waals surface area contributed by atoms with Gasteiger partial charge in [-0.3, -0.25) is 0 Å². The first kappa shape index (κ1) is 14.1. The minimum Gasteiger partial charge on any atom is -0.377 e. The largest absolute Gasteiger partial charge is 0.377 e. The van der Waals surface area contributed by atoms with Crippen molar-refractivity contribution in [1.82, 2.24) is 5.32 Å². The van der Waals surface area contributed by atoms with Crippen molar-refractivity contribution in [3.8, 4) is 0 Å². The third-order valence-corrected chi connectivity index (χ3v) is 5.32. The fourth-order valence-corrected chi connectivity index (χ4v) is 3.92. The maximum Gasteiger partial charge on any atom is 0.0746 e. The van der Waals surface area contributed by atoms with E-state index in [2.05, 4.69) is 43.4 Å². The van der Waals surface area contributed by atoms with Crippen molar-refractivity contribution < 1.29 is 4.74 Å². The Hall–Kier alpha value is -0.860. The fraction of sp³-hybridized carbons (Fsp3) is 0.667. The smallest absolute Gasteiger partial charge is 0.0746 e. The summed E-state index contributed by atoms with van der Waals surface area (Å²) in [5.74, 6) is 1.60. The molecule has 0 heterocycles. The van der Waals surface area contributed by atoms with Gasteiger partial charge in [0.05, 0.1) is 5.60 Å². The van der Waals surface area contributed by atoms with Gasteiger partial charge >= 0.3 is 0 Å². The summed E-state index contributed by atoms with van der Waals surface area (Å²) >= 11 is 0. The topological polar surface area (TPSA) is 21.3 Å². The highest BCUT2D eigenvalue weighted by Gasteiger charge is 2.39. The van der Waals surface area contributed by atoms with Gasteiger partial charge in [-0.1, -0.05) is 24.3 Å². The summed E-state index contributed by atoms with van der Waals surface area (Å²) in [6, 6.07) is 9.69. The van der Waals surface area contributed by atoms with Crippen LogP contribution in [0, 0.1) is 11.8 Å². The number of hydrogen-bond acceptors (Lipinski definition) is 2. The molecule has 1 aromatic rings. The number of methoxy groups -OCH3 is 1. The Morgan fingerprint density at radius 3 is 2.15 bits per heavy atom. The van der Waals surface area contributed by atoms with Gasteiger partial charge in [-0.2, -0.15) is 0 Å². The van der Waals surface area contributed by atoms with Crippen molar-refractivity contribution >= 4 is 0 Å². The van der Waals surface area contributed by atoms with Crippen LogP contribution in [0.2, 0.25) is 0 Å². The lowest BCUT2D eigenvalue weighted by atomic mass is 9.94. The Balaban J connectivity index is 1.73. The number of nitrogens with one attached hydrogen (secondary N) is 1. The SMILES string of the molecule is COC(C)(C)CNC1C2CCC1Cc1ccccc1C2. The van der Waals surface area contributed by atoms with E-state index in [0.717, 1.165) is 18.4 Å². The minimum absolute atomic E-state index is 0.0708. The molecule has 0 aromatic heterocycles. The van der Waals surface area contributed by atoms with Gasteiger partial charge in [-0.05, 0) is 62.5 Å². The predicted octanol–water partition coefficient (Wildman–Crippen LogP) is 3.19. The van der Waals surface area contributed by atoms with E-state index < -0.39 is 0 Å². The molecule has 2 unspecified atom stereocenters. The first-order valence-corrected chi connectivity index (χ1v) is 7.94. The monoisotopic (exact) mass is 273 g/mol. The minimum atomic E-state index is -0.0708. The third kappa shape index (κ3) is 2.77. The molecule has 2 aliphatic rings. The first-order valence-electron chi connectivity index (χ1n) is 7.94. The zero-order chi connectivity index (χ0) is 14.2. The van der Waals surface area contributed by atoms with Crippen molar-refractivity contribution in [1.29, 1.82) is 0 Å². The molecular weight excluding hydrogens is 246 g/mol. The van der Waals surface area contributed by atoms with Crippen LogP contribution in [0.1, 0.15) is 37.8 Å². The van der Waals surface area contributed by atoms with E-state index in [1.165, 1.54) is 25.7 Å². The number of hydrogen-bond donors (Lipinski definition) is 1. The highest BCUT2D eigenvalue weighted by Crippen LogP contribution is 2.40. The Bertz CT molecular complexity index is 435. The van der Waals surface area contributed by atoms with E-state index in [-0.39, 0.29) is 5.60 Å². The van der Waals surface area contributed by atoms with Crippen LogP contribution in [-0.4, -0.2) is 25.3 Å². The van der Waals surface area contributed by atoms with Gasteiger partial charge in [0.25, 0.3) is 0 Å². The maximum atomic E-state index is 5.55. The van der Waals surface area contributed by atoms with Crippen molar-refractivity contribution in [2.24, 2.45) is 11.8 Å². The summed E-state index contributed by atoms with van der Waals surface area (Å²) in [6.07, 6.45) is 5.25. The second kappa shape index (κ2) is 5.50. The lowest BCUT2D eigenvalue weighted by Crippen LogP contribution is -2.46. The Kier molecular flexibility index (Phi) is 3.87. The van der Waals surface area contributed by atoms with Gasteiger partial charge in [0.1, 0.15) is 0 Å². The van der Waals surface area contributed by atoms with Gasteiger partial charge in [0, 0.05) is 19.7 Å². The van der Waals surface area contributed by atoms with Crippen molar-refractivity contribution in [2.75, 3.05) is 13.7 Å². The first-order chi connectivity index (χ1) is 9.59. The summed E-state index contributed by atoms with van der Waals surface area (Å²) in [7, 11) is 1.80. The summed E-state index contributed by atoms with van der Waals surface area (Å²) in [5.41, 5.74) is 3.09. The molecule has 0 amide bonds. The third-order valence-electron chi connectivity index (χ3n) is 5.32. The van der Waals surface area contributed by atoms with Crippen LogP contribution in [0.15, 0.2) is 24.3 Å². The molecule has 2 heteroatoms. The number of fused-ring (bicyclic) bond motifs is 3. The van der Waals surface area contributed by atoms with Gasteiger partial charge in [-0.25, -0.2) is 0 Å². The molecule has 0 radical (unpaired) electrons. The number of benzene rings is 1. The molecule has 1 fully saturated rings. The second-order valence-electron chi connectivity index (χ2n) is 7.14. The van der Waals surface area contributed by atoms with Crippen LogP contribution >= 0.6 is 0 Å². The molecule has 0 saturated heterocycles. The molecule has 1 aromatic carbocycles. The fourth-order valence-electron chi connectivity index (χ4n) is 3.92. The van der Waals surface area contributed by atoms with E-state index in [1.807, 2.05) is 0 Å². The van der Waals surface area contributed by atoms with Crippen molar-refractivity contribution in [3.05, 3.63) is 35.4 Å². The zero-order valence-electron chi connectivity index (χ0n) is 13.0. The predicted molar refractivity (Wildman–Crippen MR) is 82.9 cm³/mol. The van der Waals surface area contributed by atoms with Gasteiger partial charge in [-0.15, -0.1) is 0 Å². The molecule has 2 aliphatic carbocycles. The van der Waals surface area contributed by atoms with Crippen LogP contribution in [0.5, 0.6) is 0 Å². The molecule has 0 aliphatic heterocycles. The molecule has 110 valence electrons. The summed E-state index contributed by atoms with van der Waals surface area (Å²) in [6.45, 7) is 5.26. The molecule has 2 bridgehead atoms. The van der Waals surface area contributed by atoms with Crippen LogP contribution in [-0.2, 0) is 17.6 Å². The average Bonchev–Trinajstić information content (AvgIpc) is 2.71. The number of ether oxygens (including phenoxy) is 1. The van der Waals surface area contributed by atoms with E-state index in [0.29, 0.717) is 6.04 Å². The standard InChI is InChI=1S/C18H27NO/c1-18(2,20-3)12-19-17-15-8-9-16(17)11-14-7-5-4-6-13(14)10-15/h4-7,15-17,19H,8-12H2,1-3H3. The maximum absolute atomic E-state index is 5.55. The van der Waals surface area contributed by atoms with Crippen LogP contribution < -0.4 is 5.32 Å². The number of rotatable bonds is 4. The molecule has 3 rings (SSSR count). The van der Waals surface area contributed by atoms with Crippen LogP contribution in [0.25, 0.3) is 0 Å². The molecule has 20 heavy (non-hydrogen) atoms. The highest BCUT2D eigenvalue weighted by molar-refractivity contribution is 5.30. The van der Waals surface area contributed by atoms with Crippen LogP contribution in [0.4, 0.5) is 0 Å². The average molecular weight is 273 g/mol. The normalized spacial score (nSPS) is 29.1. The zero-order valence-corrected chi connectivity index (χ0v) is 13.0. The quantitative estimate of drug-likeness (QED) is 0.909. The lowest BCUT2D eigenvalue weighted by Gasteiger charge is -2.30. The molecule has 0 spiro atoms. The van der Waals surface area contributed by atoms with E-state index in [1.54, 1.807) is 18.2 Å². The van der Waals surface area contributed by atoms with Gasteiger partial charge in [0.15, 0.2) is 0 Å². The Morgan fingerprint density at radius 1 is 1.10 bits per heavy atom. The molecule has 2 atom stereocenters. The summed E-state index contributed by atoms with van der Waals surface area (Å²) in [4.78, 5) is 0. The second-order valence-corrected chi connectivity index (χ2v) is 7.14. The van der Waals surface area contributed by atoms with E-state index in [9.17, 15) is 0 Å². The Labute approximate surface area is 122 Å². The molecule has 1 saturated carbocycles. The highest BCUT2D eigenvalue weighted by atomic mass is 16.5.